The average Bonchev–Trinajstić information content (AvgIpc) is 2.72. The van der Waals surface area contributed by atoms with Crippen LogP contribution < -0.4 is 5.32 Å². The first-order chi connectivity index (χ1) is 8.16. The quantitative estimate of drug-likeness (QED) is 0.835. The highest BCUT2D eigenvalue weighted by molar-refractivity contribution is 6.30. The fourth-order valence-electron chi connectivity index (χ4n) is 2.75. The van der Waals surface area contributed by atoms with Crippen molar-refractivity contribution in [3.63, 3.8) is 0 Å². The van der Waals surface area contributed by atoms with Crippen LogP contribution in [0.1, 0.15) is 44.7 Å². The first-order valence-electron chi connectivity index (χ1n) is 6.65. The van der Waals surface area contributed by atoms with Crippen LogP contribution in [0.5, 0.6) is 0 Å². The van der Waals surface area contributed by atoms with Gasteiger partial charge in [0.2, 0.25) is 0 Å². The first kappa shape index (κ1) is 12.9. The van der Waals surface area contributed by atoms with Crippen molar-refractivity contribution in [2.45, 2.75) is 39.2 Å². The molecule has 0 bridgehead atoms. The maximum absolute atomic E-state index is 6.01. The smallest absolute Gasteiger partial charge is 0.0409 e. The topological polar surface area (TPSA) is 12.0 Å². The van der Waals surface area contributed by atoms with Crippen LogP contribution in [0.2, 0.25) is 5.02 Å². The normalized spacial score (nSPS) is 26.1. The van der Waals surface area contributed by atoms with Crippen LogP contribution in [-0.4, -0.2) is 6.54 Å². The number of halogens is 1. The van der Waals surface area contributed by atoms with Crippen LogP contribution in [0.25, 0.3) is 0 Å². The highest BCUT2D eigenvalue weighted by Gasteiger charge is 2.23. The Labute approximate surface area is 110 Å². The van der Waals surface area contributed by atoms with Gasteiger partial charge in [0.25, 0.3) is 0 Å². The third-order valence-corrected chi connectivity index (χ3v) is 4.31. The molecule has 3 atom stereocenters. The van der Waals surface area contributed by atoms with Gasteiger partial charge < -0.3 is 5.32 Å². The molecule has 0 heterocycles. The van der Waals surface area contributed by atoms with Gasteiger partial charge >= 0.3 is 0 Å². The minimum absolute atomic E-state index is 0.390. The summed E-state index contributed by atoms with van der Waals surface area (Å²) in [7, 11) is 0. The Bertz CT molecular complexity index is 364. The van der Waals surface area contributed by atoms with Gasteiger partial charge in [-0.25, -0.2) is 0 Å². The summed E-state index contributed by atoms with van der Waals surface area (Å²) >= 11 is 6.01. The van der Waals surface area contributed by atoms with Crippen molar-refractivity contribution in [1.82, 2.24) is 5.32 Å². The number of hydrogen-bond donors (Lipinski definition) is 1. The van der Waals surface area contributed by atoms with E-state index in [-0.39, 0.29) is 0 Å². The second-order valence-corrected chi connectivity index (χ2v) is 5.79. The van der Waals surface area contributed by atoms with Gasteiger partial charge in [-0.2, -0.15) is 0 Å². The minimum atomic E-state index is 0.390. The summed E-state index contributed by atoms with van der Waals surface area (Å²) in [4.78, 5) is 0. The number of hydrogen-bond acceptors (Lipinski definition) is 1. The lowest BCUT2D eigenvalue weighted by Crippen LogP contribution is -2.26. The van der Waals surface area contributed by atoms with E-state index < -0.39 is 0 Å². The summed E-state index contributed by atoms with van der Waals surface area (Å²) in [6.45, 7) is 5.73. The monoisotopic (exact) mass is 251 g/mol. The summed E-state index contributed by atoms with van der Waals surface area (Å²) in [6, 6.07) is 8.53. The summed E-state index contributed by atoms with van der Waals surface area (Å²) in [5, 5.41) is 4.46. The Hall–Kier alpha value is -0.530. The molecule has 94 valence electrons. The number of nitrogens with one attached hydrogen (secondary N) is 1. The molecule has 1 aliphatic rings. The van der Waals surface area contributed by atoms with Crippen molar-refractivity contribution in [2.24, 2.45) is 11.8 Å². The van der Waals surface area contributed by atoms with E-state index in [0.717, 1.165) is 23.4 Å². The SMILES string of the molecule is CC(NCC1CCCC1C)c1cccc(Cl)c1. The molecule has 1 fully saturated rings. The molecule has 0 aromatic heterocycles. The Morgan fingerprint density at radius 1 is 1.41 bits per heavy atom. The fraction of sp³-hybridized carbons (Fsp3) is 0.600. The third kappa shape index (κ3) is 3.46. The van der Waals surface area contributed by atoms with E-state index in [9.17, 15) is 0 Å². The molecule has 1 aromatic rings. The van der Waals surface area contributed by atoms with Gasteiger partial charge in [0.05, 0.1) is 0 Å². The second-order valence-electron chi connectivity index (χ2n) is 5.35. The first-order valence-corrected chi connectivity index (χ1v) is 7.03. The molecule has 2 rings (SSSR count). The minimum Gasteiger partial charge on any atom is -0.310 e. The molecule has 2 heteroatoms. The van der Waals surface area contributed by atoms with Gasteiger partial charge in [-0.3, -0.25) is 0 Å². The van der Waals surface area contributed by atoms with E-state index in [4.69, 9.17) is 11.6 Å². The van der Waals surface area contributed by atoms with Crippen LogP contribution in [0.4, 0.5) is 0 Å². The van der Waals surface area contributed by atoms with Crippen molar-refractivity contribution >= 4 is 11.6 Å². The summed E-state index contributed by atoms with van der Waals surface area (Å²) in [5.74, 6) is 1.74. The van der Waals surface area contributed by atoms with Gasteiger partial charge in [0.15, 0.2) is 0 Å². The molecule has 0 aliphatic heterocycles. The Balaban J connectivity index is 1.86. The molecule has 1 saturated carbocycles. The molecule has 0 radical (unpaired) electrons. The Morgan fingerprint density at radius 3 is 2.88 bits per heavy atom. The molecule has 1 aromatic carbocycles. The molecular weight excluding hydrogens is 230 g/mol. The van der Waals surface area contributed by atoms with Gasteiger partial charge in [-0.1, -0.05) is 43.5 Å². The summed E-state index contributed by atoms with van der Waals surface area (Å²) in [6.07, 6.45) is 4.19. The third-order valence-electron chi connectivity index (χ3n) is 4.07. The Morgan fingerprint density at radius 2 is 2.24 bits per heavy atom. The molecule has 1 N–H and O–H groups in total. The molecular formula is C15H22ClN. The van der Waals surface area contributed by atoms with Crippen molar-refractivity contribution in [1.29, 1.82) is 0 Å². The van der Waals surface area contributed by atoms with Gasteiger partial charge in [-0.15, -0.1) is 0 Å². The molecule has 1 aliphatic carbocycles. The van der Waals surface area contributed by atoms with E-state index >= 15 is 0 Å². The zero-order valence-electron chi connectivity index (χ0n) is 10.7. The number of rotatable bonds is 4. The highest BCUT2D eigenvalue weighted by atomic mass is 35.5. The fourth-order valence-corrected chi connectivity index (χ4v) is 2.95. The zero-order chi connectivity index (χ0) is 12.3. The average molecular weight is 252 g/mol. The van der Waals surface area contributed by atoms with Crippen LogP contribution >= 0.6 is 11.6 Å². The lowest BCUT2D eigenvalue weighted by atomic mass is 9.97. The number of benzene rings is 1. The van der Waals surface area contributed by atoms with Gasteiger partial charge in [0.1, 0.15) is 0 Å². The van der Waals surface area contributed by atoms with Crippen LogP contribution in [0, 0.1) is 11.8 Å². The van der Waals surface area contributed by atoms with E-state index in [1.165, 1.54) is 24.8 Å². The van der Waals surface area contributed by atoms with Gasteiger partial charge in [0, 0.05) is 11.1 Å². The standard InChI is InChI=1S/C15H22ClN/c1-11-5-3-7-14(11)10-17-12(2)13-6-4-8-15(16)9-13/h4,6,8-9,11-12,14,17H,3,5,7,10H2,1-2H3. The van der Waals surface area contributed by atoms with Crippen molar-refractivity contribution in [2.75, 3.05) is 6.54 Å². The predicted octanol–water partition coefficient (Wildman–Crippen LogP) is 4.43. The van der Waals surface area contributed by atoms with Crippen LogP contribution in [0.3, 0.4) is 0 Å². The predicted molar refractivity (Wildman–Crippen MR) is 74.4 cm³/mol. The van der Waals surface area contributed by atoms with E-state index in [1.807, 2.05) is 12.1 Å². The van der Waals surface area contributed by atoms with E-state index in [1.54, 1.807) is 0 Å². The second kappa shape index (κ2) is 5.88. The largest absolute Gasteiger partial charge is 0.310 e. The van der Waals surface area contributed by atoms with Crippen molar-refractivity contribution in [3.8, 4) is 0 Å². The summed E-state index contributed by atoms with van der Waals surface area (Å²) < 4.78 is 0. The highest BCUT2D eigenvalue weighted by Crippen LogP contribution is 2.31. The van der Waals surface area contributed by atoms with Gasteiger partial charge in [-0.05, 0) is 49.4 Å². The zero-order valence-corrected chi connectivity index (χ0v) is 11.5. The van der Waals surface area contributed by atoms with Crippen molar-refractivity contribution < 1.29 is 0 Å². The lowest BCUT2D eigenvalue weighted by molar-refractivity contribution is 0.375. The Kier molecular flexibility index (Phi) is 4.47. The van der Waals surface area contributed by atoms with Crippen LogP contribution in [0.15, 0.2) is 24.3 Å². The maximum Gasteiger partial charge on any atom is 0.0409 e. The van der Waals surface area contributed by atoms with E-state index in [2.05, 4.69) is 31.3 Å². The molecule has 1 nitrogen and oxygen atoms in total. The van der Waals surface area contributed by atoms with Crippen molar-refractivity contribution in [3.05, 3.63) is 34.9 Å². The molecule has 17 heavy (non-hydrogen) atoms. The molecule has 3 unspecified atom stereocenters. The lowest BCUT2D eigenvalue weighted by Gasteiger charge is -2.20. The molecule has 0 spiro atoms. The van der Waals surface area contributed by atoms with Crippen LogP contribution in [-0.2, 0) is 0 Å². The van der Waals surface area contributed by atoms with E-state index in [0.29, 0.717) is 6.04 Å². The maximum atomic E-state index is 6.01. The molecule has 0 saturated heterocycles. The molecule has 0 amide bonds. The summed E-state index contributed by atoms with van der Waals surface area (Å²) in [5.41, 5.74) is 1.28.